The van der Waals surface area contributed by atoms with Gasteiger partial charge in [-0.05, 0) is 49.3 Å². The number of hydrogen-bond donors (Lipinski definition) is 0. The van der Waals surface area contributed by atoms with Crippen molar-refractivity contribution in [3.05, 3.63) is 29.8 Å². The van der Waals surface area contributed by atoms with Gasteiger partial charge in [0.2, 0.25) is 11.8 Å². The third-order valence-electron chi connectivity index (χ3n) is 8.17. The van der Waals surface area contributed by atoms with Crippen molar-refractivity contribution in [1.82, 2.24) is 14.7 Å². The fraction of sp³-hybridized carbons (Fsp3) is 0.692. The number of hydrogen-bond acceptors (Lipinski definition) is 5. The molecule has 5 rings (SSSR count). The van der Waals surface area contributed by atoms with Crippen molar-refractivity contribution >= 4 is 11.8 Å². The summed E-state index contributed by atoms with van der Waals surface area (Å²) in [5.74, 6) is 1.70. The lowest BCUT2D eigenvalue weighted by Crippen LogP contribution is -2.37. The Kier molecular flexibility index (Phi) is 6.36. The molecule has 2 saturated carbocycles. The van der Waals surface area contributed by atoms with Crippen molar-refractivity contribution in [2.75, 3.05) is 34.4 Å². The Morgan fingerprint density at radius 2 is 1.61 bits per heavy atom. The van der Waals surface area contributed by atoms with Crippen LogP contribution >= 0.6 is 0 Å². The Morgan fingerprint density at radius 3 is 2.18 bits per heavy atom. The van der Waals surface area contributed by atoms with Gasteiger partial charge < -0.3 is 19.3 Å². The van der Waals surface area contributed by atoms with Crippen LogP contribution in [0.2, 0.25) is 0 Å². The highest BCUT2D eigenvalue weighted by molar-refractivity contribution is 5.78. The average Bonchev–Trinajstić information content (AvgIpc) is 3.74. The summed E-state index contributed by atoms with van der Waals surface area (Å²) >= 11 is 0. The maximum absolute atomic E-state index is 13.0. The lowest BCUT2D eigenvalue weighted by atomic mass is 9.84. The second-order valence-electron chi connectivity index (χ2n) is 10.4. The number of methoxy groups -OCH3 is 1. The predicted octanol–water partition coefficient (Wildman–Crippen LogP) is 2.53. The van der Waals surface area contributed by atoms with E-state index in [2.05, 4.69) is 17.0 Å². The summed E-state index contributed by atoms with van der Waals surface area (Å²) in [6.07, 6.45) is 5.33. The van der Waals surface area contributed by atoms with Gasteiger partial charge in [0.15, 0.2) is 0 Å². The van der Waals surface area contributed by atoms with Crippen molar-refractivity contribution in [3.63, 3.8) is 0 Å². The molecule has 33 heavy (non-hydrogen) atoms. The number of carbonyl (C=O) groups is 2. The monoisotopic (exact) mass is 455 g/mol. The van der Waals surface area contributed by atoms with Crippen molar-refractivity contribution in [2.45, 2.75) is 69.3 Å². The van der Waals surface area contributed by atoms with Gasteiger partial charge in [0.25, 0.3) is 0 Å². The standard InChI is InChI=1S/C26H37N3O4/c1-27(19-6-7-19)24(30)12-18-15-29(14-17-4-10-21(32-3)11-5-17)22-16-33-23(26(18)22)13-25(31)28(2)20-8-9-20/h4-5,10-11,18-20,22-23,26H,6-9,12-16H2,1-3H3/t18-,22-,23+,26-/m1/s1. The van der Waals surface area contributed by atoms with Crippen LogP contribution in [0.4, 0.5) is 0 Å². The minimum atomic E-state index is -0.103. The summed E-state index contributed by atoms with van der Waals surface area (Å²) in [6.45, 7) is 2.33. The van der Waals surface area contributed by atoms with Gasteiger partial charge in [-0.3, -0.25) is 14.5 Å². The molecule has 7 nitrogen and oxygen atoms in total. The molecule has 1 aromatic carbocycles. The first kappa shape index (κ1) is 22.7. The predicted molar refractivity (Wildman–Crippen MR) is 125 cm³/mol. The SMILES string of the molecule is COc1ccc(CN2C[C@@H](CC(=O)N(C)C3CC3)[C@H]3[C@H](CC(=O)N(C)C4CC4)OC[C@H]32)cc1. The molecule has 0 radical (unpaired) electrons. The fourth-order valence-corrected chi connectivity index (χ4v) is 5.78. The van der Waals surface area contributed by atoms with Crippen LogP contribution in [-0.4, -0.2) is 85.1 Å². The zero-order valence-electron chi connectivity index (χ0n) is 20.1. The molecule has 0 spiro atoms. The van der Waals surface area contributed by atoms with Gasteiger partial charge in [0.1, 0.15) is 5.75 Å². The van der Waals surface area contributed by atoms with Crippen molar-refractivity contribution < 1.29 is 19.1 Å². The van der Waals surface area contributed by atoms with Crippen LogP contribution in [0.3, 0.4) is 0 Å². The molecule has 0 N–H and O–H groups in total. The Balaban J connectivity index is 1.30. The normalized spacial score (nSPS) is 29.1. The molecule has 0 bridgehead atoms. The van der Waals surface area contributed by atoms with E-state index in [0.29, 0.717) is 31.5 Å². The summed E-state index contributed by atoms with van der Waals surface area (Å²) < 4.78 is 11.5. The highest BCUT2D eigenvalue weighted by Crippen LogP contribution is 2.43. The minimum absolute atomic E-state index is 0.103. The topological polar surface area (TPSA) is 62.3 Å². The number of likely N-dealkylation sites (tertiary alicyclic amines) is 1. The Bertz CT molecular complexity index is 867. The molecule has 0 unspecified atom stereocenters. The van der Waals surface area contributed by atoms with E-state index in [1.54, 1.807) is 7.11 Å². The molecule has 4 aliphatic rings. The summed E-state index contributed by atoms with van der Waals surface area (Å²) in [7, 11) is 5.54. The van der Waals surface area contributed by atoms with E-state index in [9.17, 15) is 9.59 Å². The molecular formula is C26H37N3O4. The van der Waals surface area contributed by atoms with E-state index in [0.717, 1.165) is 44.5 Å². The molecule has 2 amide bonds. The van der Waals surface area contributed by atoms with Crippen LogP contribution in [0.15, 0.2) is 24.3 Å². The Morgan fingerprint density at radius 1 is 1.00 bits per heavy atom. The van der Waals surface area contributed by atoms with E-state index in [1.165, 1.54) is 5.56 Å². The maximum Gasteiger partial charge on any atom is 0.225 e. The molecule has 1 aromatic rings. The van der Waals surface area contributed by atoms with Gasteiger partial charge >= 0.3 is 0 Å². The number of carbonyl (C=O) groups excluding carboxylic acids is 2. The summed E-state index contributed by atoms with van der Waals surface area (Å²) in [5.41, 5.74) is 1.23. The molecule has 2 aliphatic heterocycles. The smallest absolute Gasteiger partial charge is 0.225 e. The quantitative estimate of drug-likeness (QED) is 0.573. The minimum Gasteiger partial charge on any atom is -0.497 e. The number of ether oxygens (including phenoxy) is 2. The highest BCUT2D eigenvalue weighted by Gasteiger charge is 2.52. The van der Waals surface area contributed by atoms with E-state index in [1.807, 2.05) is 36.0 Å². The summed E-state index contributed by atoms with van der Waals surface area (Å²) in [5, 5.41) is 0. The molecule has 4 atom stereocenters. The summed E-state index contributed by atoms with van der Waals surface area (Å²) in [4.78, 5) is 32.2. The Hall–Kier alpha value is -2.12. The Labute approximate surface area is 197 Å². The molecule has 180 valence electrons. The number of nitrogens with zero attached hydrogens (tertiary/aromatic N) is 3. The molecule has 2 saturated heterocycles. The van der Waals surface area contributed by atoms with E-state index in [-0.39, 0.29) is 35.8 Å². The van der Waals surface area contributed by atoms with E-state index >= 15 is 0 Å². The first-order valence-corrected chi connectivity index (χ1v) is 12.4. The van der Waals surface area contributed by atoms with Crippen molar-refractivity contribution in [1.29, 1.82) is 0 Å². The molecule has 4 fully saturated rings. The van der Waals surface area contributed by atoms with Crippen molar-refractivity contribution in [3.8, 4) is 5.75 Å². The van der Waals surface area contributed by atoms with Gasteiger partial charge in [-0.2, -0.15) is 0 Å². The third-order valence-corrected chi connectivity index (χ3v) is 8.17. The number of amides is 2. The van der Waals surface area contributed by atoms with E-state index < -0.39 is 0 Å². The van der Waals surface area contributed by atoms with Gasteiger partial charge in [-0.15, -0.1) is 0 Å². The average molecular weight is 456 g/mol. The first-order chi connectivity index (χ1) is 15.9. The van der Waals surface area contributed by atoms with E-state index in [4.69, 9.17) is 9.47 Å². The van der Waals surface area contributed by atoms with Crippen LogP contribution in [-0.2, 0) is 20.9 Å². The highest BCUT2D eigenvalue weighted by atomic mass is 16.5. The third kappa shape index (κ3) is 4.90. The lowest BCUT2D eigenvalue weighted by Gasteiger charge is -2.26. The van der Waals surface area contributed by atoms with Gasteiger partial charge in [0.05, 0.1) is 26.2 Å². The van der Waals surface area contributed by atoms with Gasteiger partial charge in [-0.1, -0.05) is 12.1 Å². The molecule has 7 heteroatoms. The number of rotatable bonds is 9. The molecule has 2 aliphatic carbocycles. The number of fused-ring (bicyclic) bond motifs is 1. The zero-order valence-corrected chi connectivity index (χ0v) is 20.1. The van der Waals surface area contributed by atoms with Crippen LogP contribution in [0.5, 0.6) is 5.75 Å². The molecular weight excluding hydrogens is 418 g/mol. The second-order valence-corrected chi connectivity index (χ2v) is 10.4. The second kappa shape index (κ2) is 9.26. The summed E-state index contributed by atoms with van der Waals surface area (Å²) in [6, 6.07) is 9.29. The maximum atomic E-state index is 13.0. The van der Waals surface area contributed by atoms with Crippen LogP contribution < -0.4 is 4.74 Å². The van der Waals surface area contributed by atoms with Crippen molar-refractivity contribution in [2.24, 2.45) is 11.8 Å². The van der Waals surface area contributed by atoms with Crippen LogP contribution in [0.1, 0.15) is 44.1 Å². The van der Waals surface area contributed by atoms with Gasteiger partial charge in [0, 0.05) is 57.6 Å². The lowest BCUT2D eigenvalue weighted by molar-refractivity contribution is -0.133. The molecule has 0 aromatic heterocycles. The van der Waals surface area contributed by atoms with Crippen LogP contribution in [0.25, 0.3) is 0 Å². The van der Waals surface area contributed by atoms with Crippen LogP contribution in [0, 0.1) is 11.8 Å². The fourth-order valence-electron chi connectivity index (χ4n) is 5.78. The molecule has 2 heterocycles. The largest absolute Gasteiger partial charge is 0.497 e. The number of benzene rings is 1. The first-order valence-electron chi connectivity index (χ1n) is 12.4. The zero-order chi connectivity index (χ0) is 23.1. The van der Waals surface area contributed by atoms with Gasteiger partial charge in [-0.25, -0.2) is 0 Å².